The van der Waals surface area contributed by atoms with E-state index in [0.29, 0.717) is 12.1 Å². The molecule has 1 aliphatic heterocycles. The van der Waals surface area contributed by atoms with Crippen LogP contribution in [0.3, 0.4) is 0 Å². The fourth-order valence-electron chi connectivity index (χ4n) is 3.30. The van der Waals surface area contributed by atoms with Crippen molar-refractivity contribution in [1.29, 1.82) is 0 Å². The van der Waals surface area contributed by atoms with Crippen LogP contribution in [-0.4, -0.2) is 35.4 Å². The predicted molar refractivity (Wildman–Crippen MR) is 68.4 cm³/mol. The second kappa shape index (κ2) is 5.02. The number of aryl methyl sites for hydroxylation is 2. The molecule has 0 spiro atoms. The highest BCUT2D eigenvalue weighted by atomic mass is 16.5. The minimum absolute atomic E-state index is 0.452. The van der Waals surface area contributed by atoms with E-state index < -0.39 is 0 Å². The summed E-state index contributed by atoms with van der Waals surface area (Å²) in [6.07, 6.45) is 5.60. The van der Waals surface area contributed by atoms with Gasteiger partial charge in [0.05, 0.1) is 18.4 Å². The van der Waals surface area contributed by atoms with Crippen LogP contribution in [-0.2, 0) is 11.3 Å². The first-order chi connectivity index (χ1) is 8.75. The molecule has 0 radical (unpaired) electrons. The van der Waals surface area contributed by atoms with E-state index in [1.54, 1.807) is 0 Å². The van der Waals surface area contributed by atoms with Gasteiger partial charge in [-0.1, -0.05) is 18.0 Å². The molecular weight excluding hydrogens is 228 g/mol. The summed E-state index contributed by atoms with van der Waals surface area (Å²) in [4.78, 5) is 2.57. The Morgan fingerprint density at radius 3 is 2.89 bits per heavy atom. The van der Waals surface area contributed by atoms with Gasteiger partial charge in [0.25, 0.3) is 0 Å². The molecule has 2 aliphatic rings. The van der Waals surface area contributed by atoms with Crippen LogP contribution in [0.15, 0.2) is 4.52 Å². The van der Waals surface area contributed by atoms with Crippen molar-refractivity contribution in [3.05, 3.63) is 17.0 Å². The first kappa shape index (κ1) is 12.2. The SMILES string of the molecule is Cc1noc(C)c1CN1CCO[C@H]2CCCC[C@H]21. The number of hydrogen-bond acceptors (Lipinski definition) is 4. The summed E-state index contributed by atoms with van der Waals surface area (Å²) in [7, 11) is 0. The van der Waals surface area contributed by atoms with Gasteiger partial charge in [-0.3, -0.25) is 4.90 Å². The Morgan fingerprint density at radius 1 is 1.28 bits per heavy atom. The highest BCUT2D eigenvalue weighted by Crippen LogP contribution is 2.30. The molecule has 0 bridgehead atoms. The van der Waals surface area contributed by atoms with Gasteiger partial charge in [0.2, 0.25) is 0 Å². The van der Waals surface area contributed by atoms with Crippen molar-refractivity contribution in [2.75, 3.05) is 13.2 Å². The summed E-state index contributed by atoms with van der Waals surface area (Å²) in [5.74, 6) is 0.964. The van der Waals surface area contributed by atoms with E-state index >= 15 is 0 Å². The third-order valence-corrected chi connectivity index (χ3v) is 4.39. The molecule has 3 rings (SSSR count). The number of fused-ring (bicyclic) bond motifs is 1. The van der Waals surface area contributed by atoms with Crippen molar-refractivity contribution >= 4 is 0 Å². The average Bonchev–Trinajstić information content (AvgIpc) is 2.71. The van der Waals surface area contributed by atoms with Crippen molar-refractivity contribution in [2.45, 2.75) is 58.2 Å². The maximum atomic E-state index is 5.91. The van der Waals surface area contributed by atoms with Crippen molar-refractivity contribution < 1.29 is 9.26 Å². The summed E-state index contributed by atoms with van der Waals surface area (Å²) in [6, 6.07) is 0.598. The minimum atomic E-state index is 0.452. The molecule has 4 heteroatoms. The normalized spacial score (nSPS) is 29.2. The minimum Gasteiger partial charge on any atom is -0.375 e. The van der Waals surface area contributed by atoms with Crippen LogP contribution >= 0.6 is 0 Å². The zero-order chi connectivity index (χ0) is 12.5. The van der Waals surface area contributed by atoms with Gasteiger partial charge in [-0.15, -0.1) is 0 Å². The fraction of sp³-hybridized carbons (Fsp3) is 0.786. The first-order valence-electron chi connectivity index (χ1n) is 7.03. The Morgan fingerprint density at radius 2 is 2.11 bits per heavy atom. The zero-order valence-corrected chi connectivity index (χ0v) is 11.3. The molecule has 2 atom stereocenters. The molecule has 1 aromatic heterocycles. The molecule has 2 heterocycles. The van der Waals surface area contributed by atoms with Gasteiger partial charge in [-0.2, -0.15) is 0 Å². The topological polar surface area (TPSA) is 38.5 Å². The summed E-state index contributed by atoms with van der Waals surface area (Å²) in [5, 5.41) is 4.05. The first-order valence-corrected chi connectivity index (χ1v) is 7.03. The maximum absolute atomic E-state index is 5.91. The van der Waals surface area contributed by atoms with Gasteiger partial charge < -0.3 is 9.26 Å². The third kappa shape index (κ3) is 2.19. The zero-order valence-electron chi connectivity index (χ0n) is 11.3. The Bertz CT molecular complexity index is 394. The van der Waals surface area contributed by atoms with Crippen LogP contribution in [0.25, 0.3) is 0 Å². The van der Waals surface area contributed by atoms with E-state index in [-0.39, 0.29) is 0 Å². The van der Waals surface area contributed by atoms with Crippen LogP contribution in [0.5, 0.6) is 0 Å². The molecule has 0 amide bonds. The van der Waals surface area contributed by atoms with Crippen LogP contribution in [0.4, 0.5) is 0 Å². The van der Waals surface area contributed by atoms with E-state index in [2.05, 4.69) is 10.1 Å². The third-order valence-electron chi connectivity index (χ3n) is 4.39. The van der Waals surface area contributed by atoms with E-state index in [0.717, 1.165) is 31.2 Å². The molecule has 1 saturated carbocycles. The fourth-order valence-corrected chi connectivity index (χ4v) is 3.30. The number of rotatable bonds is 2. The molecule has 0 unspecified atom stereocenters. The largest absolute Gasteiger partial charge is 0.375 e. The molecule has 1 aliphatic carbocycles. The summed E-state index contributed by atoms with van der Waals surface area (Å²) >= 11 is 0. The highest BCUT2D eigenvalue weighted by molar-refractivity contribution is 5.20. The molecule has 100 valence electrons. The van der Waals surface area contributed by atoms with Crippen LogP contribution in [0.2, 0.25) is 0 Å². The average molecular weight is 250 g/mol. The van der Waals surface area contributed by atoms with E-state index in [4.69, 9.17) is 9.26 Å². The quantitative estimate of drug-likeness (QED) is 0.808. The maximum Gasteiger partial charge on any atom is 0.138 e. The number of aromatic nitrogens is 1. The van der Waals surface area contributed by atoms with Gasteiger partial charge in [-0.25, -0.2) is 0 Å². The molecule has 0 aromatic carbocycles. The van der Waals surface area contributed by atoms with Gasteiger partial charge in [0.1, 0.15) is 5.76 Å². The van der Waals surface area contributed by atoms with E-state index in [9.17, 15) is 0 Å². The van der Waals surface area contributed by atoms with E-state index in [1.165, 1.54) is 31.2 Å². The number of nitrogens with zero attached hydrogens (tertiary/aromatic N) is 2. The Labute approximate surface area is 108 Å². The molecule has 2 fully saturated rings. The second-order valence-corrected chi connectivity index (χ2v) is 5.53. The number of ether oxygens (including phenoxy) is 1. The van der Waals surface area contributed by atoms with Crippen LogP contribution in [0, 0.1) is 13.8 Å². The predicted octanol–water partition coefficient (Wildman–Crippen LogP) is 2.43. The highest BCUT2D eigenvalue weighted by Gasteiger charge is 2.34. The molecular formula is C14H22N2O2. The van der Waals surface area contributed by atoms with Gasteiger partial charge >= 0.3 is 0 Å². The summed E-state index contributed by atoms with van der Waals surface area (Å²) in [6.45, 7) is 6.90. The summed E-state index contributed by atoms with van der Waals surface area (Å²) in [5.41, 5.74) is 2.30. The molecule has 1 aromatic rings. The van der Waals surface area contributed by atoms with Gasteiger partial charge in [0.15, 0.2) is 0 Å². The molecule has 18 heavy (non-hydrogen) atoms. The lowest BCUT2D eigenvalue weighted by Crippen LogP contribution is -2.52. The summed E-state index contributed by atoms with van der Waals surface area (Å²) < 4.78 is 11.2. The standard InChI is InChI=1S/C14H22N2O2/c1-10-12(11(2)18-15-10)9-16-7-8-17-14-6-4-3-5-13(14)16/h13-14H,3-9H2,1-2H3/t13-,14+/m1/s1. The smallest absolute Gasteiger partial charge is 0.138 e. The molecule has 1 saturated heterocycles. The van der Waals surface area contributed by atoms with Crippen molar-refractivity contribution in [2.24, 2.45) is 0 Å². The number of hydrogen-bond donors (Lipinski definition) is 0. The monoisotopic (exact) mass is 250 g/mol. The van der Waals surface area contributed by atoms with Crippen LogP contribution < -0.4 is 0 Å². The van der Waals surface area contributed by atoms with Gasteiger partial charge in [0, 0.05) is 24.7 Å². The van der Waals surface area contributed by atoms with Crippen LogP contribution in [0.1, 0.15) is 42.7 Å². The Kier molecular flexibility index (Phi) is 3.39. The molecule has 0 N–H and O–H groups in total. The lowest BCUT2D eigenvalue weighted by atomic mass is 9.90. The second-order valence-electron chi connectivity index (χ2n) is 5.53. The number of morpholine rings is 1. The lowest BCUT2D eigenvalue weighted by Gasteiger charge is -2.43. The van der Waals surface area contributed by atoms with Crippen molar-refractivity contribution in [1.82, 2.24) is 10.1 Å². The van der Waals surface area contributed by atoms with Crippen molar-refractivity contribution in [3.8, 4) is 0 Å². The Hall–Kier alpha value is -0.870. The molecule has 4 nitrogen and oxygen atoms in total. The van der Waals surface area contributed by atoms with Gasteiger partial charge in [-0.05, 0) is 26.7 Å². The lowest BCUT2D eigenvalue weighted by molar-refractivity contribution is -0.0912. The van der Waals surface area contributed by atoms with Crippen molar-refractivity contribution in [3.63, 3.8) is 0 Å². The Balaban J connectivity index is 1.75. The van der Waals surface area contributed by atoms with E-state index in [1.807, 2.05) is 13.8 Å².